The average molecular weight is 265 g/mol. The van der Waals surface area contributed by atoms with Gasteiger partial charge in [0.15, 0.2) is 0 Å². The van der Waals surface area contributed by atoms with Crippen molar-refractivity contribution in [3.63, 3.8) is 0 Å². The Balaban J connectivity index is 2.09. The predicted molar refractivity (Wildman–Crippen MR) is 50.5 cm³/mol. The van der Waals surface area contributed by atoms with Gasteiger partial charge in [-0.05, 0) is 0 Å². The fraction of sp³-hybridized carbons (Fsp3) is 0.200. The van der Waals surface area contributed by atoms with Crippen LogP contribution in [0.2, 0.25) is 7.87 Å². The van der Waals surface area contributed by atoms with Gasteiger partial charge in [-0.25, -0.2) is 0 Å². The van der Waals surface area contributed by atoms with E-state index in [4.69, 9.17) is 0 Å². The zero-order valence-electron chi connectivity index (χ0n) is 6.68. The molecule has 0 unspecified atom stereocenters. The molecule has 0 heterocycles. The van der Waals surface area contributed by atoms with Crippen molar-refractivity contribution in [3.8, 4) is 0 Å². The van der Waals surface area contributed by atoms with Crippen LogP contribution in [0.5, 0.6) is 0 Å². The summed E-state index contributed by atoms with van der Waals surface area (Å²) in [6, 6.07) is 0. The second-order valence-electron chi connectivity index (χ2n) is 2.99. The Bertz CT molecular complexity index is 256. The molecule has 2 aliphatic carbocycles. The van der Waals surface area contributed by atoms with Crippen LogP contribution in [0.3, 0.4) is 0 Å². The second-order valence-corrected chi connectivity index (χ2v) is 9.10. The summed E-state index contributed by atoms with van der Waals surface area (Å²) in [4.78, 5) is 0. The van der Waals surface area contributed by atoms with Crippen molar-refractivity contribution in [1.82, 2.24) is 0 Å². The Morgan fingerprint density at radius 3 is 1.42 bits per heavy atom. The zero-order valence-corrected chi connectivity index (χ0v) is 9.54. The van der Waals surface area contributed by atoms with E-state index in [-0.39, 0.29) is 7.87 Å². The van der Waals surface area contributed by atoms with Crippen LogP contribution in [0.4, 0.5) is 0 Å². The molecule has 12 heavy (non-hydrogen) atoms. The van der Waals surface area contributed by atoms with Crippen LogP contribution in [0, 0.1) is 0 Å². The number of hydrogen-bond donors (Lipinski definition) is 0. The van der Waals surface area contributed by atoms with E-state index in [2.05, 4.69) is 24.3 Å². The van der Waals surface area contributed by atoms with E-state index in [0.717, 1.165) is 0 Å². The first-order valence-electron chi connectivity index (χ1n) is 4.11. The van der Waals surface area contributed by atoms with Crippen LogP contribution in [-0.4, -0.2) is 19.7 Å². The maximum absolute atomic E-state index is 11.9. The van der Waals surface area contributed by atoms with Crippen molar-refractivity contribution in [1.29, 1.82) is 0 Å². The minimum atomic E-state index is -2.47. The molecule has 0 N–H and O–H groups in total. The van der Waals surface area contributed by atoms with E-state index in [0.29, 0.717) is 0 Å². The molecule has 2 heteroatoms. The van der Waals surface area contributed by atoms with Gasteiger partial charge >= 0.3 is 79.3 Å². The molecule has 0 spiro atoms. The Morgan fingerprint density at radius 1 is 0.750 bits per heavy atom. The van der Waals surface area contributed by atoms with Crippen molar-refractivity contribution in [2.75, 3.05) is 0 Å². The third-order valence-corrected chi connectivity index (χ3v) is 8.10. The molecule has 2 aliphatic rings. The zero-order chi connectivity index (χ0) is 8.39. The van der Waals surface area contributed by atoms with Crippen molar-refractivity contribution < 1.29 is 3.08 Å². The van der Waals surface area contributed by atoms with Gasteiger partial charge in [0.05, 0.1) is 0 Å². The molecule has 0 radical (unpaired) electrons. The standard InChI is InChI=1S/2C5H5.O.Sn/c2*1-2-4-5-3-1;;/h2*1-5H;;. The number of rotatable bonds is 2. The molecule has 0 atom stereocenters. The molecule has 0 saturated heterocycles. The van der Waals surface area contributed by atoms with Gasteiger partial charge in [-0.15, -0.1) is 0 Å². The molecule has 0 aromatic rings. The van der Waals surface area contributed by atoms with Crippen molar-refractivity contribution >= 4 is 19.7 Å². The summed E-state index contributed by atoms with van der Waals surface area (Å²) in [5.41, 5.74) is 0. The van der Waals surface area contributed by atoms with Crippen LogP contribution >= 0.6 is 0 Å². The maximum atomic E-state index is 11.9. The van der Waals surface area contributed by atoms with Crippen molar-refractivity contribution in [3.05, 3.63) is 48.6 Å². The normalized spacial score (nSPS) is 21.3. The summed E-state index contributed by atoms with van der Waals surface area (Å²) in [5, 5.41) is 0. The fourth-order valence-electron chi connectivity index (χ4n) is 1.47. The monoisotopic (exact) mass is 266 g/mol. The molecule has 2 rings (SSSR count). The van der Waals surface area contributed by atoms with Gasteiger partial charge in [-0.1, -0.05) is 0 Å². The van der Waals surface area contributed by atoms with Crippen molar-refractivity contribution in [2.45, 2.75) is 7.87 Å². The van der Waals surface area contributed by atoms with Crippen LogP contribution in [0.15, 0.2) is 48.6 Å². The Labute approximate surface area is 79.3 Å². The van der Waals surface area contributed by atoms with E-state index < -0.39 is 19.7 Å². The first-order valence-corrected chi connectivity index (χ1v) is 8.58. The van der Waals surface area contributed by atoms with Gasteiger partial charge in [-0.2, -0.15) is 0 Å². The molecule has 0 fully saturated rings. The molecular formula is C10H10OSn. The average Bonchev–Trinajstić information content (AvgIpc) is 2.77. The third kappa shape index (κ3) is 1.51. The van der Waals surface area contributed by atoms with Gasteiger partial charge in [0.1, 0.15) is 0 Å². The fourth-order valence-corrected chi connectivity index (χ4v) is 6.17. The summed E-state index contributed by atoms with van der Waals surface area (Å²) < 4.78 is 12.5. The summed E-state index contributed by atoms with van der Waals surface area (Å²) in [5.74, 6) is 0. The summed E-state index contributed by atoms with van der Waals surface area (Å²) in [6.07, 6.45) is 16.2. The van der Waals surface area contributed by atoms with E-state index in [9.17, 15) is 3.08 Å². The predicted octanol–water partition coefficient (Wildman–Crippen LogP) is 2.40. The topological polar surface area (TPSA) is 17.1 Å². The molecule has 60 valence electrons. The Hall–Kier alpha value is -0.441. The Kier molecular flexibility index (Phi) is 2.40. The third-order valence-electron chi connectivity index (χ3n) is 2.15. The molecule has 1 nitrogen and oxygen atoms in total. The van der Waals surface area contributed by atoms with Crippen LogP contribution < -0.4 is 0 Å². The van der Waals surface area contributed by atoms with E-state index >= 15 is 0 Å². The number of hydrogen-bond acceptors (Lipinski definition) is 1. The number of allylic oxidation sites excluding steroid dienone is 8. The minimum absolute atomic E-state index is 0.282. The molecular weight excluding hydrogens is 255 g/mol. The van der Waals surface area contributed by atoms with Gasteiger partial charge in [0, 0.05) is 0 Å². The molecule has 0 saturated carbocycles. The molecule has 0 aliphatic heterocycles. The van der Waals surface area contributed by atoms with E-state index in [1.165, 1.54) is 0 Å². The van der Waals surface area contributed by atoms with Gasteiger partial charge < -0.3 is 0 Å². The second kappa shape index (κ2) is 3.52. The van der Waals surface area contributed by atoms with Gasteiger partial charge in [-0.3, -0.25) is 0 Å². The summed E-state index contributed by atoms with van der Waals surface area (Å²) >= 11 is -2.47. The van der Waals surface area contributed by atoms with Crippen LogP contribution in [0.25, 0.3) is 0 Å². The summed E-state index contributed by atoms with van der Waals surface area (Å²) in [6.45, 7) is 0. The first-order chi connectivity index (χ1) is 5.88. The quantitative estimate of drug-likeness (QED) is 0.700. The van der Waals surface area contributed by atoms with Crippen LogP contribution in [-0.2, 0) is 3.08 Å². The molecule has 0 aromatic heterocycles. The SMILES string of the molecule is [O]=[Sn]([CH]1C=CC=C1)[CH]1C=CC=C1. The first kappa shape index (κ1) is 8.17. The van der Waals surface area contributed by atoms with E-state index in [1.807, 2.05) is 24.3 Å². The molecule has 0 bridgehead atoms. The Morgan fingerprint density at radius 2 is 1.08 bits per heavy atom. The molecule has 0 aromatic carbocycles. The molecule has 0 amide bonds. The van der Waals surface area contributed by atoms with Gasteiger partial charge in [0.2, 0.25) is 0 Å². The van der Waals surface area contributed by atoms with E-state index in [1.54, 1.807) is 0 Å². The van der Waals surface area contributed by atoms with Crippen molar-refractivity contribution in [2.24, 2.45) is 0 Å². The van der Waals surface area contributed by atoms with Gasteiger partial charge in [0.25, 0.3) is 0 Å². The van der Waals surface area contributed by atoms with Crippen LogP contribution in [0.1, 0.15) is 0 Å². The summed E-state index contributed by atoms with van der Waals surface area (Å²) in [7, 11) is 0.